The van der Waals surface area contributed by atoms with E-state index in [4.69, 9.17) is 15.7 Å². The Labute approximate surface area is 94.2 Å². The Morgan fingerprint density at radius 3 is 2.94 bits per heavy atom. The third-order valence-corrected chi connectivity index (χ3v) is 2.90. The van der Waals surface area contributed by atoms with E-state index < -0.39 is 0 Å². The zero-order chi connectivity index (χ0) is 11.4. The molecule has 2 N–H and O–H groups in total. The molecule has 84 valence electrons. The van der Waals surface area contributed by atoms with Gasteiger partial charge in [0.05, 0.1) is 11.7 Å². The molecule has 0 atom stereocenters. The van der Waals surface area contributed by atoms with Crippen molar-refractivity contribution in [2.24, 2.45) is 5.73 Å². The summed E-state index contributed by atoms with van der Waals surface area (Å²) >= 11 is 0. The van der Waals surface area contributed by atoms with Crippen molar-refractivity contribution in [2.45, 2.75) is 31.2 Å². The van der Waals surface area contributed by atoms with Gasteiger partial charge in [0.15, 0.2) is 0 Å². The summed E-state index contributed by atoms with van der Waals surface area (Å²) in [5, 5.41) is 16.3. The standard InChI is InChI=1S/C11H14N4O/c12-7-9-3-6-14-15-10(9)16-8-11(13)4-1-2-5-11/h3,6H,1-2,4-5,8,13H2. The summed E-state index contributed by atoms with van der Waals surface area (Å²) in [5.41, 5.74) is 6.28. The molecule has 5 heteroatoms. The molecule has 1 aliphatic carbocycles. The topological polar surface area (TPSA) is 84.8 Å². The molecule has 2 rings (SSSR count). The van der Waals surface area contributed by atoms with E-state index in [1.807, 2.05) is 6.07 Å². The molecule has 0 unspecified atom stereocenters. The van der Waals surface area contributed by atoms with E-state index in [0.29, 0.717) is 12.2 Å². The fraction of sp³-hybridized carbons (Fsp3) is 0.545. The predicted octanol–water partition coefficient (Wildman–Crippen LogP) is 0.999. The van der Waals surface area contributed by atoms with E-state index in [0.717, 1.165) is 25.7 Å². The highest BCUT2D eigenvalue weighted by Crippen LogP contribution is 2.27. The van der Waals surface area contributed by atoms with Crippen molar-refractivity contribution in [2.75, 3.05) is 6.61 Å². The minimum Gasteiger partial charge on any atom is -0.474 e. The van der Waals surface area contributed by atoms with Gasteiger partial charge < -0.3 is 10.5 Å². The maximum atomic E-state index is 8.85. The van der Waals surface area contributed by atoms with Gasteiger partial charge in [0, 0.05) is 0 Å². The van der Waals surface area contributed by atoms with E-state index in [-0.39, 0.29) is 11.4 Å². The van der Waals surface area contributed by atoms with Crippen LogP contribution in [-0.2, 0) is 0 Å². The molecule has 0 amide bonds. The average Bonchev–Trinajstić information content (AvgIpc) is 2.74. The lowest BCUT2D eigenvalue weighted by atomic mass is 10.0. The Morgan fingerprint density at radius 2 is 2.25 bits per heavy atom. The second-order valence-corrected chi connectivity index (χ2v) is 4.22. The smallest absolute Gasteiger partial charge is 0.251 e. The number of rotatable bonds is 3. The average molecular weight is 218 g/mol. The molecule has 0 spiro atoms. The van der Waals surface area contributed by atoms with Crippen molar-refractivity contribution in [3.8, 4) is 11.9 Å². The van der Waals surface area contributed by atoms with Gasteiger partial charge in [-0.2, -0.15) is 10.4 Å². The molecule has 16 heavy (non-hydrogen) atoms. The van der Waals surface area contributed by atoms with Crippen LogP contribution in [0.25, 0.3) is 0 Å². The van der Waals surface area contributed by atoms with E-state index >= 15 is 0 Å². The minimum atomic E-state index is -0.260. The summed E-state index contributed by atoms with van der Waals surface area (Å²) in [6.45, 7) is 0.403. The van der Waals surface area contributed by atoms with Crippen molar-refractivity contribution < 1.29 is 4.74 Å². The lowest BCUT2D eigenvalue weighted by Gasteiger charge is -2.23. The molecule has 5 nitrogen and oxygen atoms in total. The Bertz CT molecular complexity index is 407. The number of hydrogen-bond donors (Lipinski definition) is 1. The zero-order valence-electron chi connectivity index (χ0n) is 9.02. The summed E-state index contributed by atoms with van der Waals surface area (Å²) in [6.07, 6.45) is 5.69. The largest absolute Gasteiger partial charge is 0.474 e. The maximum absolute atomic E-state index is 8.85. The van der Waals surface area contributed by atoms with Gasteiger partial charge in [-0.05, 0) is 18.9 Å². The number of hydrogen-bond acceptors (Lipinski definition) is 5. The molecule has 1 saturated carbocycles. The number of nitrogens with zero attached hydrogens (tertiary/aromatic N) is 3. The fourth-order valence-corrected chi connectivity index (χ4v) is 1.95. The second-order valence-electron chi connectivity index (χ2n) is 4.22. The lowest BCUT2D eigenvalue weighted by Crippen LogP contribution is -2.42. The maximum Gasteiger partial charge on any atom is 0.251 e. The highest BCUT2D eigenvalue weighted by atomic mass is 16.5. The first-order chi connectivity index (χ1) is 7.73. The SMILES string of the molecule is N#Cc1ccnnc1OCC1(N)CCCC1. The zero-order valence-corrected chi connectivity index (χ0v) is 9.02. The number of ether oxygens (including phenoxy) is 1. The minimum absolute atomic E-state index is 0.260. The Kier molecular flexibility index (Phi) is 3.02. The van der Waals surface area contributed by atoms with Crippen LogP contribution in [0.1, 0.15) is 31.2 Å². The van der Waals surface area contributed by atoms with Gasteiger partial charge in [0.25, 0.3) is 5.88 Å². The molecule has 1 aromatic rings. The first-order valence-electron chi connectivity index (χ1n) is 5.37. The fourth-order valence-electron chi connectivity index (χ4n) is 1.95. The monoisotopic (exact) mass is 218 g/mol. The van der Waals surface area contributed by atoms with Gasteiger partial charge in [0.2, 0.25) is 0 Å². The highest BCUT2D eigenvalue weighted by Gasteiger charge is 2.30. The first kappa shape index (κ1) is 10.8. The van der Waals surface area contributed by atoms with E-state index in [9.17, 15) is 0 Å². The predicted molar refractivity (Wildman–Crippen MR) is 57.6 cm³/mol. The molecule has 0 bridgehead atoms. The third-order valence-electron chi connectivity index (χ3n) is 2.90. The summed E-state index contributed by atoms with van der Waals surface area (Å²) in [7, 11) is 0. The number of nitriles is 1. The molecular weight excluding hydrogens is 204 g/mol. The van der Waals surface area contributed by atoms with E-state index in [2.05, 4.69) is 10.2 Å². The van der Waals surface area contributed by atoms with Crippen LogP contribution in [-0.4, -0.2) is 22.3 Å². The van der Waals surface area contributed by atoms with Gasteiger partial charge in [-0.25, -0.2) is 0 Å². The Hall–Kier alpha value is -1.67. The van der Waals surface area contributed by atoms with Crippen LogP contribution in [0.4, 0.5) is 0 Å². The van der Waals surface area contributed by atoms with Crippen LogP contribution >= 0.6 is 0 Å². The number of nitrogens with two attached hydrogens (primary N) is 1. The summed E-state index contributed by atoms with van der Waals surface area (Å²) in [4.78, 5) is 0. The molecule has 0 saturated heterocycles. The molecule has 1 fully saturated rings. The molecule has 1 aromatic heterocycles. The lowest BCUT2D eigenvalue weighted by molar-refractivity contribution is 0.211. The van der Waals surface area contributed by atoms with Gasteiger partial charge in [-0.3, -0.25) is 0 Å². The van der Waals surface area contributed by atoms with Crippen molar-refractivity contribution >= 4 is 0 Å². The van der Waals surface area contributed by atoms with Crippen LogP contribution in [0, 0.1) is 11.3 Å². The van der Waals surface area contributed by atoms with E-state index in [1.165, 1.54) is 6.20 Å². The molecule has 1 heterocycles. The summed E-state index contributed by atoms with van der Waals surface area (Å²) in [6, 6.07) is 3.60. The Balaban J connectivity index is 2.02. The highest BCUT2D eigenvalue weighted by molar-refractivity contribution is 5.35. The van der Waals surface area contributed by atoms with Crippen LogP contribution in [0.5, 0.6) is 5.88 Å². The first-order valence-corrected chi connectivity index (χ1v) is 5.37. The summed E-state index contributed by atoms with van der Waals surface area (Å²) < 4.78 is 5.49. The summed E-state index contributed by atoms with van der Waals surface area (Å²) in [5.74, 6) is 0.279. The van der Waals surface area contributed by atoms with Crippen LogP contribution < -0.4 is 10.5 Å². The normalized spacial score (nSPS) is 18.0. The van der Waals surface area contributed by atoms with Gasteiger partial charge in [0.1, 0.15) is 18.2 Å². The Morgan fingerprint density at radius 1 is 1.50 bits per heavy atom. The van der Waals surface area contributed by atoms with Gasteiger partial charge in [-0.15, -0.1) is 5.10 Å². The third kappa shape index (κ3) is 2.28. The molecular formula is C11H14N4O. The van der Waals surface area contributed by atoms with Crippen LogP contribution in [0.15, 0.2) is 12.3 Å². The van der Waals surface area contributed by atoms with Gasteiger partial charge in [-0.1, -0.05) is 12.8 Å². The molecule has 0 radical (unpaired) electrons. The van der Waals surface area contributed by atoms with Crippen molar-refractivity contribution in [1.29, 1.82) is 5.26 Å². The van der Waals surface area contributed by atoms with Crippen molar-refractivity contribution in [3.05, 3.63) is 17.8 Å². The van der Waals surface area contributed by atoms with Crippen LogP contribution in [0.2, 0.25) is 0 Å². The van der Waals surface area contributed by atoms with Crippen LogP contribution in [0.3, 0.4) is 0 Å². The molecule has 0 aliphatic heterocycles. The van der Waals surface area contributed by atoms with Crippen molar-refractivity contribution in [1.82, 2.24) is 10.2 Å². The quantitative estimate of drug-likeness (QED) is 0.818. The molecule has 0 aromatic carbocycles. The molecule has 1 aliphatic rings. The number of aromatic nitrogens is 2. The van der Waals surface area contributed by atoms with E-state index in [1.54, 1.807) is 6.07 Å². The second kappa shape index (κ2) is 4.45. The van der Waals surface area contributed by atoms with Crippen molar-refractivity contribution in [3.63, 3.8) is 0 Å². The van der Waals surface area contributed by atoms with Gasteiger partial charge >= 0.3 is 0 Å².